The zero-order valence-electron chi connectivity index (χ0n) is 17.4. The molecule has 28 heavy (non-hydrogen) atoms. The number of aryl methyl sites for hydroxylation is 2. The molecule has 3 rings (SSSR count). The zero-order chi connectivity index (χ0) is 20.1. The van der Waals surface area contributed by atoms with Gasteiger partial charge in [0.25, 0.3) is 0 Å². The normalized spacial score (nSPS) is 17.9. The molecule has 1 fully saturated rings. The van der Waals surface area contributed by atoms with E-state index < -0.39 is 0 Å². The summed E-state index contributed by atoms with van der Waals surface area (Å²) in [5, 5.41) is 9.82. The van der Waals surface area contributed by atoms with Crippen LogP contribution in [0.1, 0.15) is 35.9 Å². The van der Waals surface area contributed by atoms with Gasteiger partial charge in [0.2, 0.25) is 0 Å². The van der Waals surface area contributed by atoms with Gasteiger partial charge >= 0.3 is 0 Å². The Hall–Kier alpha value is -1.47. The maximum absolute atomic E-state index is 5.66. The molecule has 2 heterocycles. The highest BCUT2D eigenvalue weighted by Gasteiger charge is 2.30. The first-order chi connectivity index (χ1) is 13.5. The van der Waals surface area contributed by atoms with Gasteiger partial charge in [0.15, 0.2) is 5.11 Å². The molecule has 0 bridgehead atoms. The summed E-state index contributed by atoms with van der Waals surface area (Å²) >= 11 is 7.49. The van der Waals surface area contributed by atoms with E-state index in [4.69, 9.17) is 12.2 Å². The van der Waals surface area contributed by atoms with Crippen LogP contribution in [0.25, 0.3) is 0 Å². The molecule has 1 aliphatic rings. The van der Waals surface area contributed by atoms with E-state index in [2.05, 4.69) is 83.8 Å². The van der Waals surface area contributed by atoms with Gasteiger partial charge in [-0.3, -0.25) is 4.90 Å². The Morgan fingerprint density at radius 2 is 1.93 bits per heavy atom. The minimum atomic E-state index is 0.219. The number of thiophene rings is 1. The highest BCUT2D eigenvalue weighted by molar-refractivity contribution is 7.80. The Morgan fingerprint density at radius 3 is 2.57 bits per heavy atom. The molecule has 1 saturated heterocycles. The predicted octanol–water partition coefficient (Wildman–Crippen LogP) is 4.42. The van der Waals surface area contributed by atoms with Crippen molar-refractivity contribution < 1.29 is 0 Å². The van der Waals surface area contributed by atoms with Crippen molar-refractivity contribution in [3.63, 3.8) is 0 Å². The van der Waals surface area contributed by atoms with Crippen LogP contribution in [0.3, 0.4) is 0 Å². The fraction of sp³-hybridized carbons (Fsp3) is 0.500. The molecule has 0 radical (unpaired) electrons. The van der Waals surface area contributed by atoms with E-state index in [0.717, 1.165) is 38.4 Å². The van der Waals surface area contributed by atoms with E-state index in [-0.39, 0.29) is 6.04 Å². The molecule has 1 aromatic heterocycles. The van der Waals surface area contributed by atoms with Crippen molar-refractivity contribution in [2.24, 2.45) is 0 Å². The van der Waals surface area contributed by atoms with Crippen molar-refractivity contribution in [2.75, 3.05) is 38.0 Å². The van der Waals surface area contributed by atoms with Crippen LogP contribution >= 0.6 is 23.6 Å². The van der Waals surface area contributed by atoms with Crippen LogP contribution in [-0.4, -0.2) is 53.7 Å². The third-order valence-electron chi connectivity index (χ3n) is 5.56. The first-order valence-corrected chi connectivity index (χ1v) is 11.4. The number of rotatable bonds is 6. The number of benzene rings is 1. The Labute approximate surface area is 178 Å². The molecule has 0 saturated carbocycles. The highest BCUT2D eigenvalue weighted by atomic mass is 32.1. The van der Waals surface area contributed by atoms with E-state index >= 15 is 0 Å². The van der Waals surface area contributed by atoms with Crippen LogP contribution in [0.5, 0.6) is 0 Å². The third kappa shape index (κ3) is 5.32. The minimum Gasteiger partial charge on any atom is -0.358 e. The summed E-state index contributed by atoms with van der Waals surface area (Å²) in [5.41, 5.74) is 3.51. The summed E-state index contributed by atoms with van der Waals surface area (Å²) in [6.07, 6.45) is 0. The summed E-state index contributed by atoms with van der Waals surface area (Å²) in [6.45, 7) is 14.3. The summed E-state index contributed by atoms with van der Waals surface area (Å²) in [7, 11) is 0. The second-order valence-corrected chi connectivity index (χ2v) is 9.02. The van der Waals surface area contributed by atoms with E-state index in [1.54, 1.807) is 0 Å². The largest absolute Gasteiger partial charge is 0.358 e. The maximum Gasteiger partial charge on any atom is 0.171 e. The quantitative estimate of drug-likeness (QED) is 0.681. The molecule has 2 aromatic rings. The van der Waals surface area contributed by atoms with Crippen molar-refractivity contribution in [3.8, 4) is 0 Å². The second-order valence-electron chi connectivity index (χ2n) is 7.64. The lowest BCUT2D eigenvalue weighted by atomic mass is 10.0. The number of thiocarbonyl (C=S) groups is 1. The molecular formula is C22H32N4S2. The van der Waals surface area contributed by atoms with Gasteiger partial charge in [0.1, 0.15) is 0 Å². The molecule has 1 aliphatic heterocycles. The number of hydrogen-bond acceptors (Lipinski definition) is 4. The van der Waals surface area contributed by atoms with Crippen LogP contribution < -0.4 is 10.6 Å². The Bertz CT molecular complexity index is 767. The summed E-state index contributed by atoms with van der Waals surface area (Å²) in [5.74, 6) is 0. The number of anilines is 1. The summed E-state index contributed by atoms with van der Waals surface area (Å²) in [4.78, 5) is 6.53. The number of piperazine rings is 1. The standard InChI is InChI=1S/C22H32N4S2/c1-5-25-10-12-26(13-11-25)21(20-7-6-14-28-20)18(4)23-22(27)24-19-15-16(2)8-9-17(19)3/h6-9,14-15,18,21H,5,10-13H2,1-4H3,(H2,23,24,27)/t18-,21-/m1/s1. The number of nitrogens with one attached hydrogen (secondary N) is 2. The van der Waals surface area contributed by atoms with Gasteiger partial charge in [-0.25, -0.2) is 0 Å². The zero-order valence-corrected chi connectivity index (χ0v) is 19.0. The molecule has 0 spiro atoms. The number of hydrogen-bond donors (Lipinski definition) is 2. The van der Waals surface area contributed by atoms with Crippen molar-refractivity contribution >= 4 is 34.4 Å². The maximum atomic E-state index is 5.66. The smallest absolute Gasteiger partial charge is 0.171 e. The monoisotopic (exact) mass is 416 g/mol. The van der Waals surface area contributed by atoms with Gasteiger partial charge in [0.05, 0.1) is 6.04 Å². The van der Waals surface area contributed by atoms with Gasteiger partial charge in [-0.15, -0.1) is 11.3 Å². The van der Waals surface area contributed by atoms with Crippen LogP contribution in [0.2, 0.25) is 0 Å². The lowest BCUT2D eigenvalue weighted by molar-refractivity contribution is 0.0883. The predicted molar refractivity (Wildman–Crippen MR) is 125 cm³/mol. The first kappa shape index (κ1) is 21.2. The average molecular weight is 417 g/mol. The third-order valence-corrected chi connectivity index (χ3v) is 6.72. The molecule has 0 amide bonds. The molecule has 2 atom stereocenters. The van der Waals surface area contributed by atoms with Crippen LogP contribution in [0.15, 0.2) is 35.7 Å². The van der Waals surface area contributed by atoms with Crippen molar-refractivity contribution in [1.29, 1.82) is 0 Å². The van der Waals surface area contributed by atoms with Crippen molar-refractivity contribution in [2.45, 2.75) is 39.8 Å². The first-order valence-electron chi connectivity index (χ1n) is 10.1. The molecular weight excluding hydrogens is 384 g/mol. The van der Waals surface area contributed by atoms with Gasteiger partial charge in [-0.05, 0) is 68.2 Å². The molecule has 1 aromatic carbocycles. The Kier molecular flexibility index (Phi) is 7.46. The van der Waals surface area contributed by atoms with Crippen molar-refractivity contribution in [1.82, 2.24) is 15.1 Å². The molecule has 4 nitrogen and oxygen atoms in total. The average Bonchev–Trinajstić information content (AvgIpc) is 3.19. The fourth-order valence-electron chi connectivity index (χ4n) is 3.87. The SMILES string of the molecule is CCN1CCN([C@@H](c2cccs2)[C@@H](C)NC(=S)Nc2cc(C)ccc2C)CC1. The lowest BCUT2D eigenvalue weighted by Gasteiger charge is -2.41. The van der Waals surface area contributed by atoms with Gasteiger partial charge < -0.3 is 15.5 Å². The van der Waals surface area contributed by atoms with E-state index in [1.807, 2.05) is 11.3 Å². The number of nitrogens with zero attached hydrogens (tertiary/aromatic N) is 2. The topological polar surface area (TPSA) is 30.5 Å². The van der Waals surface area contributed by atoms with Crippen LogP contribution in [-0.2, 0) is 0 Å². The molecule has 0 aliphatic carbocycles. The van der Waals surface area contributed by atoms with Crippen LogP contribution in [0.4, 0.5) is 5.69 Å². The second kappa shape index (κ2) is 9.83. The van der Waals surface area contributed by atoms with E-state index in [1.165, 1.54) is 16.0 Å². The molecule has 2 N–H and O–H groups in total. The number of likely N-dealkylation sites (N-methyl/N-ethyl adjacent to an activating group) is 1. The van der Waals surface area contributed by atoms with E-state index in [0.29, 0.717) is 11.2 Å². The van der Waals surface area contributed by atoms with Gasteiger partial charge in [-0.2, -0.15) is 0 Å². The van der Waals surface area contributed by atoms with Crippen LogP contribution in [0, 0.1) is 13.8 Å². The lowest BCUT2D eigenvalue weighted by Crippen LogP contribution is -2.52. The molecule has 152 valence electrons. The Balaban J connectivity index is 1.68. The fourth-order valence-corrected chi connectivity index (χ4v) is 5.13. The summed E-state index contributed by atoms with van der Waals surface area (Å²) in [6, 6.07) is 11.4. The molecule has 0 unspecified atom stereocenters. The summed E-state index contributed by atoms with van der Waals surface area (Å²) < 4.78 is 0. The van der Waals surface area contributed by atoms with Gasteiger partial charge in [0, 0.05) is 42.8 Å². The van der Waals surface area contributed by atoms with Crippen molar-refractivity contribution in [3.05, 3.63) is 51.7 Å². The van der Waals surface area contributed by atoms with E-state index in [9.17, 15) is 0 Å². The minimum absolute atomic E-state index is 0.219. The molecule has 6 heteroatoms. The highest BCUT2D eigenvalue weighted by Crippen LogP contribution is 2.29. The Morgan fingerprint density at radius 1 is 1.18 bits per heavy atom. The van der Waals surface area contributed by atoms with Gasteiger partial charge in [-0.1, -0.05) is 25.1 Å².